The van der Waals surface area contributed by atoms with E-state index < -0.39 is 17.5 Å². The Morgan fingerprint density at radius 3 is 1.21 bits per heavy atom. The van der Waals surface area contributed by atoms with Crippen molar-refractivity contribution in [2.24, 2.45) is 0 Å². The van der Waals surface area contributed by atoms with Crippen LogP contribution in [0.2, 0.25) is 0 Å². The van der Waals surface area contributed by atoms with Gasteiger partial charge in [0.1, 0.15) is 42.0 Å². The molecule has 0 unspecified atom stereocenters. The third kappa shape index (κ3) is 20.8. The molecule has 0 aliphatic carbocycles. The van der Waals surface area contributed by atoms with Gasteiger partial charge < -0.3 is 29.2 Å². The van der Waals surface area contributed by atoms with E-state index in [0.29, 0.717) is 31.1 Å². The van der Waals surface area contributed by atoms with Gasteiger partial charge in [0.15, 0.2) is 17.5 Å². The van der Waals surface area contributed by atoms with Gasteiger partial charge in [-0.05, 0) is 162 Å². The lowest BCUT2D eigenvalue weighted by Crippen LogP contribution is -1.99. The molecule has 0 saturated heterocycles. The van der Waals surface area contributed by atoms with Crippen LogP contribution in [-0.2, 0) is 23.3 Å². The summed E-state index contributed by atoms with van der Waals surface area (Å²) >= 11 is 3.43. The van der Waals surface area contributed by atoms with Crippen LogP contribution >= 0.6 is 15.9 Å². The maximum atomic E-state index is 13.3. The Labute approximate surface area is 422 Å². The monoisotopic (exact) mass is 1020 g/mol. The molecule has 7 rings (SSSR count). The van der Waals surface area contributed by atoms with E-state index in [1.165, 1.54) is 56.1 Å². The van der Waals surface area contributed by atoms with Crippen molar-refractivity contribution in [3.05, 3.63) is 206 Å². The lowest BCUT2D eigenvalue weighted by molar-refractivity contribution is 0.191. The van der Waals surface area contributed by atoms with E-state index in [9.17, 15) is 13.2 Å². The average Bonchev–Trinajstić information content (AvgIpc) is 3.28. The highest BCUT2D eigenvalue weighted by molar-refractivity contribution is 9.08. The van der Waals surface area contributed by atoms with Crippen molar-refractivity contribution < 1.29 is 42.3 Å². The Bertz CT molecular complexity index is 2510. The fourth-order valence-corrected chi connectivity index (χ4v) is 8.09. The predicted octanol–water partition coefficient (Wildman–Crippen LogP) is 16.3. The summed E-state index contributed by atoms with van der Waals surface area (Å²) in [5, 5.41) is 18.6. The Morgan fingerprint density at radius 1 is 0.400 bits per heavy atom. The molecule has 70 heavy (non-hydrogen) atoms. The van der Waals surface area contributed by atoms with Crippen molar-refractivity contribution in [1.29, 1.82) is 0 Å². The Hall–Kier alpha value is -6.23. The molecule has 0 aromatic heterocycles. The van der Waals surface area contributed by atoms with E-state index in [2.05, 4.69) is 119 Å². The number of methoxy groups -OCH3 is 1. The van der Waals surface area contributed by atoms with Crippen LogP contribution in [-0.4, -0.2) is 30.5 Å². The molecule has 0 aliphatic heterocycles. The van der Waals surface area contributed by atoms with Gasteiger partial charge in [-0.15, -0.1) is 0 Å². The summed E-state index contributed by atoms with van der Waals surface area (Å²) in [5.41, 5.74) is 14.3. The number of rotatable bonds is 16. The first-order valence-corrected chi connectivity index (χ1v) is 24.5. The normalized spacial score (nSPS) is 10.5. The number of alkyl halides is 1. The number of phenolic OH excluding ortho intramolecular Hbond substituents is 2. The summed E-state index contributed by atoms with van der Waals surface area (Å²) in [5.74, 6) is -1.27. The summed E-state index contributed by atoms with van der Waals surface area (Å²) < 4.78 is 62.2. The minimum Gasteiger partial charge on any atom is -0.508 e. The molecule has 6 nitrogen and oxygen atoms in total. The molecule has 7 aromatic rings. The number of aromatic hydroxyl groups is 2. The fourth-order valence-electron chi connectivity index (χ4n) is 7.77. The average molecular weight is 1020 g/mol. The summed E-state index contributed by atoms with van der Waals surface area (Å²) in [6.45, 7) is 19.1. The van der Waals surface area contributed by atoms with Gasteiger partial charge in [0, 0.05) is 31.2 Å². The predicted molar refractivity (Wildman–Crippen MR) is 282 cm³/mol. The summed E-state index contributed by atoms with van der Waals surface area (Å²) in [4.78, 5) is 0. The van der Waals surface area contributed by atoms with Crippen LogP contribution in [0.3, 0.4) is 0 Å². The number of ether oxygens (including phenoxy) is 4. The molecule has 372 valence electrons. The lowest BCUT2D eigenvalue weighted by atomic mass is 10.1. The van der Waals surface area contributed by atoms with Crippen molar-refractivity contribution in [3.63, 3.8) is 0 Å². The SMILES string of the molecule is COCCCCCCOc1ccc(-c2cc(F)c(F)c(F)c2)cc1.Cc1cc(C)cc(CBr)c1.Cc1cc(C)cc(COc2cc(C)cc(OCc3cc(C)cc(C)c3)c2)c1.Cc1cc(O)cc(O)c1. The van der Waals surface area contributed by atoms with Crippen LogP contribution < -0.4 is 14.2 Å². The molecular weight excluding hydrogens is 954 g/mol. The standard InChI is InChI=1S/C25H28O2.C19H21F3O2.C9H11Br.C7H8O2/c1-17-6-18(2)9-22(8-17)15-26-24-12-21(5)13-25(14-24)27-16-23-10-19(3)7-20(4)11-23;1-23-10-4-2-3-5-11-24-16-8-6-14(7-9-16)15-12-17(20)19(22)18(21)13-15;1-7-3-8(2)5-9(4-7)6-10;1-5-2-6(8)4-7(9)3-5/h6-14H,15-16H2,1-5H3;6-9,12-13H,2-5,10-11H2,1H3;3-5H,6H2,1-2H3;2-4,8-9H,1H3. The minimum atomic E-state index is -1.45. The van der Waals surface area contributed by atoms with Crippen molar-refractivity contribution in [2.75, 3.05) is 20.3 Å². The highest BCUT2D eigenvalue weighted by Crippen LogP contribution is 2.27. The summed E-state index contributed by atoms with van der Waals surface area (Å²) in [6.07, 6.45) is 4.20. The molecule has 2 N–H and O–H groups in total. The van der Waals surface area contributed by atoms with Gasteiger partial charge in [-0.1, -0.05) is 122 Å². The topological polar surface area (TPSA) is 77.4 Å². The second-order valence-electron chi connectivity index (χ2n) is 17.7. The highest BCUT2D eigenvalue weighted by atomic mass is 79.9. The van der Waals surface area contributed by atoms with E-state index >= 15 is 0 Å². The summed E-state index contributed by atoms with van der Waals surface area (Å²) in [6, 6.07) is 39.0. The molecule has 0 spiro atoms. The van der Waals surface area contributed by atoms with E-state index in [0.717, 1.165) is 72.4 Å². The Kier molecular flexibility index (Phi) is 23.4. The number of unbranched alkanes of at least 4 members (excludes halogenated alkanes) is 3. The zero-order valence-corrected chi connectivity index (χ0v) is 43.6. The molecule has 0 amide bonds. The Morgan fingerprint density at radius 2 is 0.800 bits per heavy atom. The first-order valence-electron chi connectivity index (χ1n) is 23.4. The van der Waals surface area contributed by atoms with Crippen molar-refractivity contribution >= 4 is 15.9 Å². The Balaban J connectivity index is 0.000000224. The quantitative estimate of drug-likeness (QED) is 0.0571. The zero-order chi connectivity index (χ0) is 51.2. The van der Waals surface area contributed by atoms with Gasteiger partial charge in [-0.25, -0.2) is 13.2 Å². The summed E-state index contributed by atoms with van der Waals surface area (Å²) in [7, 11) is 1.70. The maximum Gasteiger partial charge on any atom is 0.194 e. The molecule has 10 heteroatoms. The number of halogens is 4. The number of hydrogen-bond acceptors (Lipinski definition) is 6. The fraction of sp³-hybridized carbons (Fsp3) is 0.300. The van der Waals surface area contributed by atoms with E-state index in [4.69, 9.17) is 29.2 Å². The molecule has 0 heterocycles. The molecule has 0 bridgehead atoms. The van der Waals surface area contributed by atoms with Gasteiger partial charge in [0.25, 0.3) is 0 Å². The second kappa shape index (κ2) is 29.1. The molecule has 0 fully saturated rings. The number of phenols is 2. The van der Waals surface area contributed by atoms with Crippen molar-refractivity contribution in [1.82, 2.24) is 0 Å². The maximum absolute atomic E-state index is 13.3. The number of aryl methyl sites for hydroxylation is 8. The van der Waals surface area contributed by atoms with Crippen LogP contribution in [0, 0.1) is 72.8 Å². The van der Waals surface area contributed by atoms with Gasteiger partial charge in [-0.3, -0.25) is 0 Å². The largest absolute Gasteiger partial charge is 0.508 e. The van der Waals surface area contributed by atoms with Crippen LogP contribution in [0.15, 0.2) is 127 Å². The molecule has 0 atom stereocenters. The van der Waals surface area contributed by atoms with E-state index in [1.54, 1.807) is 50.4 Å². The third-order valence-corrected chi connectivity index (χ3v) is 11.2. The first kappa shape index (κ1) is 56.4. The second-order valence-corrected chi connectivity index (χ2v) is 18.3. The van der Waals surface area contributed by atoms with Gasteiger partial charge in [-0.2, -0.15) is 0 Å². The first-order chi connectivity index (χ1) is 33.4. The highest BCUT2D eigenvalue weighted by Gasteiger charge is 2.12. The lowest BCUT2D eigenvalue weighted by Gasteiger charge is -2.12. The van der Waals surface area contributed by atoms with Gasteiger partial charge in [0.2, 0.25) is 0 Å². The molecule has 0 radical (unpaired) electrons. The van der Waals surface area contributed by atoms with Crippen LogP contribution in [0.1, 0.15) is 86.9 Å². The third-order valence-electron chi connectivity index (χ3n) is 10.6. The molecular formula is C60H68BrF3O6. The molecule has 0 saturated carbocycles. The van der Waals surface area contributed by atoms with Crippen LogP contribution in [0.5, 0.6) is 28.7 Å². The van der Waals surface area contributed by atoms with E-state index in [1.807, 2.05) is 18.2 Å². The van der Waals surface area contributed by atoms with Gasteiger partial charge >= 0.3 is 0 Å². The van der Waals surface area contributed by atoms with Crippen LogP contribution in [0.4, 0.5) is 13.2 Å². The number of benzene rings is 7. The van der Waals surface area contributed by atoms with Crippen LogP contribution in [0.25, 0.3) is 11.1 Å². The zero-order valence-electron chi connectivity index (χ0n) is 42.0. The van der Waals surface area contributed by atoms with Crippen molar-refractivity contribution in [2.45, 2.75) is 99.6 Å². The molecule has 7 aromatic carbocycles. The minimum absolute atomic E-state index is 0.104. The molecule has 0 aliphatic rings. The van der Waals surface area contributed by atoms with Crippen molar-refractivity contribution in [3.8, 4) is 39.9 Å². The van der Waals surface area contributed by atoms with Gasteiger partial charge in [0.05, 0.1) is 6.61 Å². The van der Waals surface area contributed by atoms with E-state index in [-0.39, 0.29) is 17.1 Å². The number of hydrogen-bond donors (Lipinski definition) is 2. The smallest absolute Gasteiger partial charge is 0.194 e.